The molecule has 0 bridgehead atoms. The fraction of sp³-hybridized carbons (Fsp3) is 0.611. The van der Waals surface area contributed by atoms with Crippen molar-refractivity contribution in [2.75, 3.05) is 40.1 Å². The van der Waals surface area contributed by atoms with Crippen LogP contribution in [0.1, 0.15) is 24.8 Å². The van der Waals surface area contributed by atoms with Crippen molar-refractivity contribution in [2.45, 2.75) is 31.4 Å². The average molecular weight is 348 g/mol. The van der Waals surface area contributed by atoms with Gasteiger partial charge in [-0.25, -0.2) is 0 Å². The van der Waals surface area contributed by atoms with E-state index in [1.54, 1.807) is 7.11 Å². The second-order valence-electron chi connectivity index (χ2n) is 6.87. The lowest BCUT2D eigenvalue weighted by atomic mass is 9.87. The van der Waals surface area contributed by atoms with Crippen LogP contribution in [0.5, 0.6) is 17.2 Å². The summed E-state index contributed by atoms with van der Waals surface area (Å²) >= 11 is 0. The van der Waals surface area contributed by atoms with Crippen LogP contribution in [-0.4, -0.2) is 56.6 Å². The molecule has 0 saturated carbocycles. The molecule has 25 heavy (non-hydrogen) atoms. The minimum absolute atomic E-state index is 0.103. The summed E-state index contributed by atoms with van der Waals surface area (Å²) in [4.78, 5) is 14.2. The van der Waals surface area contributed by atoms with Crippen LogP contribution >= 0.6 is 0 Å². The molecule has 1 amide bonds. The highest BCUT2D eigenvalue weighted by Gasteiger charge is 2.38. The molecule has 2 fully saturated rings. The van der Waals surface area contributed by atoms with E-state index in [2.05, 4.69) is 10.2 Å². The number of benzene rings is 1. The van der Waals surface area contributed by atoms with E-state index in [4.69, 9.17) is 18.9 Å². The summed E-state index contributed by atoms with van der Waals surface area (Å²) in [6.07, 6.45) is 2.23. The Morgan fingerprint density at radius 2 is 2.12 bits per heavy atom. The van der Waals surface area contributed by atoms with Crippen LogP contribution < -0.4 is 19.5 Å². The van der Waals surface area contributed by atoms with E-state index < -0.39 is 0 Å². The molecule has 1 aromatic carbocycles. The Hall–Kier alpha value is -1.99. The summed E-state index contributed by atoms with van der Waals surface area (Å²) in [7, 11) is 1.64. The van der Waals surface area contributed by atoms with Gasteiger partial charge in [0.2, 0.25) is 18.4 Å². The van der Waals surface area contributed by atoms with Crippen molar-refractivity contribution in [3.63, 3.8) is 0 Å². The van der Waals surface area contributed by atoms with E-state index in [9.17, 15) is 4.79 Å². The van der Waals surface area contributed by atoms with Gasteiger partial charge < -0.3 is 24.3 Å². The van der Waals surface area contributed by atoms with Crippen molar-refractivity contribution in [1.82, 2.24) is 10.2 Å². The normalized spacial score (nSPS) is 22.5. The van der Waals surface area contributed by atoms with Gasteiger partial charge in [-0.2, -0.15) is 0 Å². The first-order valence-electron chi connectivity index (χ1n) is 8.77. The SMILES string of the molecule is COc1cc(CN2CCC3(CC2)CC(=O)NCCO3)cc2c1OCO2. The number of rotatable bonds is 3. The zero-order chi connectivity index (χ0) is 17.3. The van der Waals surface area contributed by atoms with Gasteiger partial charge in [-0.1, -0.05) is 0 Å². The molecule has 1 spiro atoms. The van der Waals surface area contributed by atoms with Gasteiger partial charge in [0.1, 0.15) is 0 Å². The molecule has 3 aliphatic heterocycles. The molecule has 4 rings (SSSR count). The van der Waals surface area contributed by atoms with Gasteiger partial charge in [0.05, 0.1) is 25.7 Å². The standard InChI is InChI=1S/C18H24N2O5/c1-22-14-8-13(9-15-17(14)24-12-23-15)11-20-5-2-18(3-6-20)10-16(21)19-4-7-25-18/h8-9H,2-7,10-12H2,1H3,(H,19,21). The maximum absolute atomic E-state index is 11.9. The molecule has 1 aromatic rings. The van der Waals surface area contributed by atoms with Gasteiger partial charge in [-0.15, -0.1) is 0 Å². The van der Waals surface area contributed by atoms with Crippen LogP contribution in [0, 0.1) is 0 Å². The van der Waals surface area contributed by atoms with Crippen LogP contribution in [0.25, 0.3) is 0 Å². The lowest BCUT2D eigenvalue weighted by Gasteiger charge is -2.40. The maximum Gasteiger partial charge on any atom is 0.231 e. The van der Waals surface area contributed by atoms with Gasteiger partial charge in [0.25, 0.3) is 0 Å². The number of amides is 1. The van der Waals surface area contributed by atoms with Gasteiger partial charge >= 0.3 is 0 Å². The van der Waals surface area contributed by atoms with E-state index >= 15 is 0 Å². The number of likely N-dealkylation sites (tertiary alicyclic amines) is 1. The van der Waals surface area contributed by atoms with E-state index in [0.717, 1.165) is 43.8 Å². The number of piperidine rings is 1. The Morgan fingerprint density at radius 1 is 1.28 bits per heavy atom. The maximum atomic E-state index is 11.9. The second-order valence-corrected chi connectivity index (χ2v) is 6.87. The fourth-order valence-corrected chi connectivity index (χ4v) is 3.84. The number of nitrogens with one attached hydrogen (secondary N) is 1. The molecule has 0 aromatic heterocycles. The van der Waals surface area contributed by atoms with Crippen LogP contribution in [0.4, 0.5) is 0 Å². The van der Waals surface area contributed by atoms with Crippen molar-refractivity contribution in [1.29, 1.82) is 0 Å². The van der Waals surface area contributed by atoms with E-state index in [0.29, 0.717) is 31.1 Å². The van der Waals surface area contributed by atoms with Gasteiger partial charge in [-0.3, -0.25) is 9.69 Å². The quantitative estimate of drug-likeness (QED) is 0.888. The molecule has 1 N–H and O–H groups in total. The van der Waals surface area contributed by atoms with E-state index in [1.165, 1.54) is 0 Å². The molecule has 3 heterocycles. The molecular formula is C18H24N2O5. The minimum Gasteiger partial charge on any atom is -0.493 e. The number of hydrogen-bond acceptors (Lipinski definition) is 6. The summed E-state index contributed by atoms with van der Waals surface area (Å²) in [5, 5.41) is 2.89. The van der Waals surface area contributed by atoms with Gasteiger partial charge in [0, 0.05) is 26.2 Å². The summed E-state index contributed by atoms with van der Waals surface area (Å²) in [6.45, 7) is 4.08. The number of carbonyl (C=O) groups is 1. The summed E-state index contributed by atoms with van der Waals surface area (Å²) in [5.74, 6) is 2.24. The highest BCUT2D eigenvalue weighted by Crippen LogP contribution is 2.42. The molecule has 7 nitrogen and oxygen atoms in total. The van der Waals surface area contributed by atoms with Crippen LogP contribution in [0.3, 0.4) is 0 Å². The molecule has 2 saturated heterocycles. The molecule has 0 radical (unpaired) electrons. The zero-order valence-corrected chi connectivity index (χ0v) is 14.5. The molecule has 0 atom stereocenters. The topological polar surface area (TPSA) is 69.3 Å². The molecule has 3 aliphatic rings. The smallest absolute Gasteiger partial charge is 0.231 e. The van der Waals surface area contributed by atoms with Crippen molar-refractivity contribution >= 4 is 5.91 Å². The van der Waals surface area contributed by atoms with Gasteiger partial charge in [-0.05, 0) is 30.5 Å². The average Bonchev–Trinajstić information content (AvgIpc) is 3.01. The molecule has 7 heteroatoms. The highest BCUT2D eigenvalue weighted by atomic mass is 16.7. The zero-order valence-electron chi connectivity index (χ0n) is 14.5. The third-order valence-electron chi connectivity index (χ3n) is 5.21. The minimum atomic E-state index is -0.288. The van der Waals surface area contributed by atoms with Crippen LogP contribution in [-0.2, 0) is 16.1 Å². The Kier molecular flexibility index (Phi) is 4.43. The Labute approximate surface area is 147 Å². The number of ether oxygens (including phenoxy) is 4. The number of nitrogens with zero attached hydrogens (tertiary/aromatic N) is 1. The number of fused-ring (bicyclic) bond motifs is 1. The largest absolute Gasteiger partial charge is 0.493 e. The first-order chi connectivity index (χ1) is 12.2. The summed E-state index contributed by atoms with van der Waals surface area (Å²) < 4.78 is 22.4. The molecule has 0 unspecified atom stereocenters. The predicted molar refractivity (Wildman–Crippen MR) is 89.9 cm³/mol. The Morgan fingerprint density at radius 3 is 2.92 bits per heavy atom. The van der Waals surface area contributed by atoms with Crippen molar-refractivity contribution in [3.8, 4) is 17.2 Å². The van der Waals surface area contributed by atoms with Crippen molar-refractivity contribution in [3.05, 3.63) is 17.7 Å². The number of hydrogen-bond donors (Lipinski definition) is 1. The van der Waals surface area contributed by atoms with Crippen LogP contribution in [0.2, 0.25) is 0 Å². The second kappa shape index (κ2) is 6.72. The number of carbonyl (C=O) groups excluding carboxylic acids is 1. The lowest BCUT2D eigenvalue weighted by Crippen LogP contribution is -2.46. The van der Waals surface area contributed by atoms with Gasteiger partial charge in [0.15, 0.2) is 11.5 Å². The number of methoxy groups -OCH3 is 1. The fourth-order valence-electron chi connectivity index (χ4n) is 3.84. The summed E-state index contributed by atoms with van der Waals surface area (Å²) in [5.41, 5.74) is 0.848. The monoisotopic (exact) mass is 348 g/mol. The van der Waals surface area contributed by atoms with E-state index in [1.807, 2.05) is 12.1 Å². The van der Waals surface area contributed by atoms with Crippen molar-refractivity contribution in [2.24, 2.45) is 0 Å². The van der Waals surface area contributed by atoms with Crippen molar-refractivity contribution < 1.29 is 23.7 Å². The first kappa shape index (κ1) is 16.5. The Bertz CT molecular complexity index is 655. The first-order valence-corrected chi connectivity index (χ1v) is 8.77. The molecule has 0 aliphatic carbocycles. The highest BCUT2D eigenvalue weighted by molar-refractivity contribution is 5.77. The third kappa shape index (κ3) is 3.39. The lowest BCUT2D eigenvalue weighted by molar-refractivity contribution is -0.128. The Balaban J connectivity index is 1.41. The van der Waals surface area contributed by atoms with E-state index in [-0.39, 0.29) is 18.3 Å². The molecule has 136 valence electrons. The summed E-state index contributed by atoms with van der Waals surface area (Å²) in [6, 6.07) is 4.03. The van der Waals surface area contributed by atoms with Crippen LogP contribution in [0.15, 0.2) is 12.1 Å². The third-order valence-corrected chi connectivity index (χ3v) is 5.21. The predicted octanol–water partition coefficient (Wildman–Crippen LogP) is 1.29. The molecular weight excluding hydrogens is 324 g/mol.